The molecule has 0 aliphatic carbocycles. The first-order chi connectivity index (χ1) is 11.8. The molecule has 2 aromatic rings. The van der Waals surface area contributed by atoms with Crippen molar-refractivity contribution in [1.82, 2.24) is 10.6 Å². The van der Waals surface area contributed by atoms with Gasteiger partial charge in [-0.3, -0.25) is 0 Å². The first kappa shape index (κ1) is 22.9. The minimum absolute atomic E-state index is 0. The van der Waals surface area contributed by atoms with Crippen molar-refractivity contribution < 1.29 is 8.42 Å². The molecule has 1 aromatic carbocycles. The van der Waals surface area contributed by atoms with Crippen molar-refractivity contribution in [2.24, 2.45) is 10.1 Å². The summed E-state index contributed by atoms with van der Waals surface area (Å²) in [6.45, 7) is 7.96. The van der Waals surface area contributed by atoms with Crippen LogP contribution in [0.5, 0.6) is 0 Å². The summed E-state index contributed by atoms with van der Waals surface area (Å²) >= 11 is 1.16. The third-order valence-corrected chi connectivity index (χ3v) is 6.12. The standard InChI is InChI=1S/C17H24N4O2S2.HI/c1-4-19-17(20-10-14-6-5-12(2)9-13(14)3)21-11-15-7-8-16(24-15)25(18,22)23;/h5-9H,4,10-11H2,1-3H3,(H2,18,22,23)(H2,19,20,21);1H. The molecule has 0 unspecified atom stereocenters. The molecule has 9 heteroatoms. The summed E-state index contributed by atoms with van der Waals surface area (Å²) in [6, 6.07) is 9.60. The summed E-state index contributed by atoms with van der Waals surface area (Å²) in [5.41, 5.74) is 3.63. The van der Waals surface area contributed by atoms with Gasteiger partial charge < -0.3 is 10.6 Å². The molecule has 0 atom stereocenters. The summed E-state index contributed by atoms with van der Waals surface area (Å²) in [5, 5.41) is 11.5. The van der Waals surface area contributed by atoms with Gasteiger partial charge in [0, 0.05) is 11.4 Å². The lowest BCUT2D eigenvalue weighted by Gasteiger charge is -2.11. The molecular formula is C17H25IN4O2S2. The van der Waals surface area contributed by atoms with Gasteiger partial charge in [-0.25, -0.2) is 18.5 Å². The third kappa shape index (κ3) is 6.86. The van der Waals surface area contributed by atoms with E-state index in [2.05, 4.69) is 47.7 Å². The second kappa shape index (κ2) is 10.2. The zero-order chi connectivity index (χ0) is 18.4. The van der Waals surface area contributed by atoms with Crippen LogP contribution >= 0.6 is 35.3 Å². The largest absolute Gasteiger partial charge is 0.357 e. The monoisotopic (exact) mass is 508 g/mol. The Morgan fingerprint density at radius 2 is 1.92 bits per heavy atom. The molecule has 1 aromatic heterocycles. The lowest BCUT2D eigenvalue weighted by atomic mass is 10.1. The number of halogens is 1. The van der Waals surface area contributed by atoms with E-state index in [0.717, 1.165) is 22.8 Å². The highest BCUT2D eigenvalue weighted by Crippen LogP contribution is 2.20. The number of primary sulfonamides is 1. The zero-order valence-corrected chi connectivity index (χ0v) is 19.0. The van der Waals surface area contributed by atoms with Crippen molar-refractivity contribution in [2.75, 3.05) is 6.54 Å². The van der Waals surface area contributed by atoms with Crippen LogP contribution < -0.4 is 15.8 Å². The number of nitrogens with one attached hydrogen (secondary N) is 2. The number of nitrogens with zero attached hydrogens (tertiary/aromatic N) is 1. The van der Waals surface area contributed by atoms with Crippen LogP contribution in [0.15, 0.2) is 39.5 Å². The van der Waals surface area contributed by atoms with Gasteiger partial charge in [0.25, 0.3) is 0 Å². The van der Waals surface area contributed by atoms with Crippen molar-refractivity contribution in [3.63, 3.8) is 0 Å². The van der Waals surface area contributed by atoms with Gasteiger partial charge in [0.15, 0.2) is 5.96 Å². The molecule has 26 heavy (non-hydrogen) atoms. The highest BCUT2D eigenvalue weighted by atomic mass is 127. The fourth-order valence-corrected chi connectivity index (χ4v) is 4.02. The van der Waals surface area contributed by atoms with E-state index in [9.17, 15) is 8.42 Å². The van der Waals surface area contributed by atoms with Crippen molar-refractivity contribution in [3.05, 3.63) is 51.9 Å². The van der Waals surface area contributed by atoms with E-state index in [0.29, 0.717) is 19.0 Å². The van der Waals surface area contributed by atoms with Crippen molar-refractivity contribution in [2.45, 2.75) is 38.1 Å². The van der Waals surface area contributed by atoms with E-state index in [1.54, 1.807) is 6.07 Å². The van der Waals surface area contributed by atoms with Crippen LogP contribution in [-0.2, 0) is 23.1 Å². The molecule has 0 radical (unpaired) electrons. The Bertz CT molecular complexity index is 863. The number of hydrogen-bond donors (Lipinski definition) is 3. The lowest BCUT2D eigenvalue weighted by Crippen LogP contribution is -2.36. The van der Waals surface area contributed by atoms with E-state index in [1.165, 1.54) is 22.8 Å². The molecule has 0 amide bonds. The molecule has 0 bridgehead atoms. The number of hydrogen-bond acceptors (Lipinski definition) is 4. The van der Waals surface area contributed by atoms with Gasteiger partial charge in [-0.2, -0.15) is 0 Å². The molecule has 0 fully saturated rings. The topological polar surface area (TPSA) is 96.6 Å². The van der Waals surface area contributed by atoms with Crippen LogP contribution in [0.2, 0.25) is 0 Å². The summed E-state index contributed by atoms with van der Waals surface area (Å²) in [7, 11) is -3.64. The minimum Gasteiger partial charge on any atom is -0.357 e. The first-order valence-electron chi connectivity index (χ1n) is 7.99. The molecule has 0 aliphatic rings. The van der Waals surface area contributed by atoms with E-state index in [1.807, 2.05) is 6.92 Å². The summed E-state index contributed by atoms with van der Waals surface area (Å²) in [4.78, 5) is 5.48. The average Bonchev–Trinajstić information content (AvgIpc) is 3.00. The summed E-state index contributed by atoms with van der Waals surface area (Å²) in [5.74, 6) is 0.688. The third-order valence-electron chi connectivity index (χ3n) is 3.60. The van der Waals surface area contributed by atoms with Gasteiger partial charge in [-0.05, 0) is 44.0 Å². The van der Waals surface area contributed by atoms with Crippen LogP contribution in [0.25, 0.3) is 0 Å². The van der Waals surface area contributed by atoms with Crippen LogP contribution in [0.3, 0.4) is 0 Å². The quantitative estimate of drug-likeness (QED) is 0.318. The number of aryl methyl sites for hydroxylation is 2. The number of guanidine groups is 1. The molecule has 4 N–H and O–H groups in total. The van der Waals surface area contributed by atoms with E-state index in [4.69, 9.17) is 5.14 Å². The molecule has 0 saturated carbocycles. The molecule has 0 aliphatic heterocycles. The zero-order valence-electron chi connectivity index (χ0n) is 15.1. The van der Waals surface area contributed by atoms with Crippen molar-refractivity contribution in [1.29, 1.82) is 0 Å². The van der Waals surface area contributed by atoms with E-state index >= 15 is 0 Å². The molecule has 144 valence electrons. The number of sulfonamides is 1. The normalized spacial score (nSPS) is 11.8. The molecular weight excluding hydrogens is 483 g/mol. The van der Waals surface area contributed by atoms with Crippen LogP contribution in [0, 0.1) is 13.8 Å². The van der Waals surface area contributed by atoms with Gasteiger partial charge in [-0.1, -0.05) is 23.8 Å². The molecule has 6 nitrogen and oxygen atoms in total. The van der Waals surface area contributed by atoms with E-state index < -0.39 is 10.0 Å². The van der Waals surface area contributed by atoms with Crippen LogP contribution in [-0.4, -0.2) is 20.9 Å². The minimum atomic E-state index is -3.64. The second-order valence-corrected chi connectivity index (χ2v) is 8.70. The number of benzene rings is 1. The summed E-state index contributed by atoms with van der Waals surface area (Å²) in [6.07, 6.45) is 0. The Labute approximate surface area is 176 Å². The second-order valence-electron chi connectivity index (χ2n) is 5.74. The Morgan fingerprint density at radius 3 is 2.50 bits per heavy atom. The van der Waals surface area contributed by atoms with Crippen molar-refractivity contribution in [3.8, 4) is 0 Å². The maximum absolute atomic E-state index is 11.3. The maximum Gasteiger partial charge on any atom is 0.247 e. The highest BCUT2D eigenvalue weighted by molar-refractivity contribution is 14.0. The predicted molar refractivity (Wildman–Crippen MR) is 119 cm³/mol. The molecule has 0 saturated heterocycles. The number of nitrogens with two attached hydrogens (primary N) is 1. The molecule has 2 rings (SSSR count). The highest BCUT2D eigenvalue weighted by Gasteiger charge is 2.11. The fraction of sp³-hybridized carbons (Fsp3) is 0.353. The van der Waals surface area contributed by atoms with Gasteiger partial charge in [0.2, 0.25) is 10.0 Å². The van der Waals surface area contributed by atoms with Gasteiger partial charge in [-0.15, -0.1) is 35.3 Å². The maximum atomic E-state index is 11.3. The van der Waals surface area contributed by atoms with Gasteiger partial charge >= 0.3 is 0 Å². The Hall–Kier alpha value is -1.17. The summed E-state index contributed by atoms with van der Waals surface area (Å²) < 4.78 is 22.8. The average molecular weight is 508 g/mol. The fourth-order valence-electron chi connectivity index (χ4n) is 2.31. The number of thiophene rings is 1. The number of rotatable bonds is 6. The smallest absolute Gasteiger partial charge is 0.247 e. The Morgan fingerprint density at radius 1 is 1.19 bits per heavy atom. The molecule has 1 heterocycles. The van der Waals surface area contributed by atoms with Gasteiger partial charge in [0.05, 0.1) is 13.1 Å². The van der Waals surface area contributed by atoms with Crippen LogP contribution in [0.1, 0.15) is 28.5 Å². The Balaban J connectivity index is 0.00000338. The van der Waals surface area contributed by atoms with Gasteiger partial charge in [0.1, 0.15) is 4.21 Å². The Kier molecular flexibility index (Phi) is 9.01. The van der Waals surface area contributed by atoms with Crippen LogP contribution in [0.4, 0.5) is 0 Å². The predicted octanol–water partition coefficient (Wildman–Crippen LogP) is 2.89. The van der Waals surface area contributed by atoms with E-state index in [-0.39, 0.29) is 28.2 Å². The molecule has 0 spiro atoms. The number of aliphatic imine (C=N–C) groups is 1. The lowest BCUT2D eigenvalue weighted by molar-refractivity contribution is 0.600. The first-order valence-corrected chi connectivity index (χ1v) is 10.4. The van der Waals surface area contributed by atoms with Crippen molar-refractivity contribution >= 4 is 51.3 Å². The SMILES string of the molecule is CCNC(=NCc1ccc(C)cc1C)NCc1ccc(S(N)(=O)=O)s1.I.